The molecule has 0 amide bonds. The quantitative estimate of drug-likeness (QED) is 0.135. The van der Waals surface area contributed by atoms with Gasteiger partial charge < -0.3 is 30.3 Å². The molecule has 1 atom stereocenters. The Morgan fingerprint density at radius 2 is 1.36 bits per heavy atom. The summed E-state index contributed by atoms with van der Waals surface area (Å²) in [6.45, 7) is -0.540. The summed E-state index contributed by atoms with van der Waals surface area (Å²) in [5.41, 5.74) is 2.59. The van der Waals surface area contributed by atoms with E-state index in [-0.39, 0.29) is 45.5 Å². The molecule has 56 heavy (non-hydrogen) atoms. The number of halogens is 2. The molecule has 0 spiro atoms. The van der Waals surface area contributed by atoms with Crippen LogP contribution in [0.15, 0.2) is 113 Å². The van der Waals surface area contributed by atoms with Crippen LogP contribution in [0.1, 0.15) is 22.8 Å². The topological polar surface area (TPSA) is 178 Å². The van der Waals surface area contributed by atoms with Gasteiger partial charge in [-0.25, -0.2) is 23.7 Å². The molecule has 14 nitrogen and oxygen atoms in total. The maximum Gasteiger partial charge on any atom is 0.266 e. The summed E-state index contributed by atoms with van der Waals surface area (Å²) in [5.74, 6) is -1.39. The molecular formula is C40H30F2N8O6. The highest BCUT2D eigenvalue weighted by Gasteiger charge is 2.24. The molecule has 0 aliphatic heterocycles. The van der Waals surface area contributed by atoms with Crippen LogP contribution in [-0.4, -0.2) is 53.2 Å². The monoisotopic (exact) mass is 756 g/mol. The van der Waals surface area contributed by atoms with Crippen LogP contribution < -0.4 is 31.2 Å². The summed E-state index contributed by atoms with van der Waals surface area (Å²) in [5, 5.41) is 27.6. The summed E-state index contributed by atoms with van der Waals surface area (Å²) in [6, 6.07) is 21.6. The van der Waals surface area contributed by atoms with Crippen molar-refractivity contribution < 1.29 is 28.5 Å². The fourth-order valence-corrected chi connectivity index (χ4v) is 6.31. The van der Waals surface area contributed by atoms with E-state index in [9.17, 15) is 28.6 Å². The number of aliphatic hydroxyl groups is 2. The van der Waals surface area contributed by atoms with Gasteiger partial charge in [0.25, 0.3) is 11.1 Å². The van der Waals surface area contributed by atoms with Gasteiger partial charge in [0, 0.05) is 35.4 Å². The maximum absolute atomic E-state index is 14.1. The molecule has 0 saturated heterocycles. The SMILES string of the molecule is COc1cccn2c(=O)c(CO)c(Nc3ccc4nc(-c5ccc(C(O)c6c(Nc7ccc(F)c(F)c7)nc7c(OC)cccn7c6=O)cc5)cnc4c3)nc12. The standard InChI is InChI=1S/C40H30F2N8O6/c1-55-31-5-3-15-49-37(31)47-35(25(20-51)39(49)53)44-24-12-14-28-29(18-24)43-19-30(46-28)21-7-9-22(10-8-21)34(52)33-36(45-23-11-13-26(41)27(42)17-23)48-38-32(56-2)6-4-16-50(38)40(33)54/h3-19,34,44-45,51-52H,20H2,1-2H3. The van der Waals surface area contributed by atoms with E-state index in [2.05, 4.69) is 25.6 Å². The van der Waals surface area contributed by atoms with Crippen molar-refractivity contribution >= 4 is 45.3 Å². The molecule has 5 aromatic heterocycles. The van der Waals surface area contributed by atoms with E-state index in [0.717, 1.165) is 12.1 Å². The first-order valence-corrected chi connectivity index (χ1v) is 17.0. The Hall–Kier alpha value is -7.30. The Balaban J connectivity index is 1.09. The minimum atomic E-state index is -1.49. The van der Waals surface area contributed by atoms with Gasteiger partial charge >= 0.3 is 0 Å². The third kappa shape index (κ3) is 6.37. The van der Waals surface area contributed by atoms with Crippen LogP contribution >= 0.6 is 0 Å². The van der Waals surface area contributed by atoms with Gasteiger partial charge in [0.05, 0.1) is 54.9 Å². The first kappa shape index (κ1) is 35.7. The Bertz CT molecular complexity index is 2940. The number of fused-ring (bicyclic) bond motifs is 3. The van der Waals surface area contributed by atoms with Crippen LogP contribution in [0.25, 0.3) is 33.6 Å². The van der Waals surface area contributed by atoms with Gasteiger partial charge in [-0.15, -0.1) is 0 Å². The molecule has 3 aromatic carbocycles. The van der Waals surface area contributed by atoms with Crippen LogP contribution in [0, 0.1) is 11.6 Å². The molecule has 8 aromatic rings. The van der Waals surface area contributed by atoms with E-state index in [1.165, 1.54) is 35.3 Å². The second-order valence-electron chi connectivity index (χ2n) is 12.5. The summed E-state index contributed by atoms with van der Waals surface area (Å²) < 4.78 is 41.1. The summed E-state index contributed by atoms with van der Waals surface area (Å²) in [4.78, 5) is 45.5. The number of anilines is 4. The van der Waals surface area contributed by atoms with Gasteiger partial charge in [-0.1, -0.05) is 24.3 Å². The third-order valence-electron chi connectivity index (χ3n) is 9.15. The van der Waals surface area contributed by atoms with Crippen molar-refractivity contribution in [3.8, 4) is 22.8 Å². The zero-order valence-corrected chi connectivity index (χ0v) is 29.6. The highest BCUT2D eigenvalue weighted by atomic mass is 19.2. The molecule has 8 rings (SSSR count). The lowest BCUT2D eigenvalue weighted by atomic mass is 10.0. The van der Waals surface area contributed by atoms with Crippen LogP contribution in [-0.2, 0) is 6.61 Å². The molecule has 280 valence electrons. The predicted octanol–water partition coefficient (Wildman–Crippen LogP) is 5.67. The number of aromatic nitrogens is 6. The van der Waals surface area contributed by atoms with Gasteiger partial charge in [0.15, 0.2) is 34.4 Å². The first-order valence-electron chi connectivity index (χ1n) is 17.0. The van der Waals surface area contributed by atoms with E-state index in [0.29, 0.717) is 39.3 Å². The highest BCUT2D eigenvalue weighted by Crippen LogP contribution is 2.31. The molecule has 0 fully saturated rings. The molecule has 0 saturated carbocycles. The second-order valence-corrected chi connectivity index (χ2v) is 12.5. The number of pyridine rings is 2. The average molecular weight is 757 g/mol. The van der Waals surface area contributed by atoms with E-state index in [1.807, 2.05) is 0 Å². The van der Waals surface area contributed by atoms with Crippen molar-refractivity contribution in [1.29, 1.82) is 0 Å². The van der Waals surface area contributed by atoms with Gasteiger partial charge in [0.2, 0.25) is 0 Å². The fourth-order valence-electron chi connectivity index (χ4n) is 6.31. The van der Waals surface area contributed by atoms with Crippen molar-refractivity contribution in [2.24, 2.45) is 0 Å². The van der Waals surface area contributed by atoms with E-state index in [4.69, 9.17) is 14.5 Å². The number of aliphatic hydroxyl groups excluding tert-OH is 2. The summed E-state index contributed by atoms with van der Waals surface area (Å²) in [6.07, 6.45) is 3.12. The smallest absolute Gasteiger partial charge is 0.266 e. The van der Waals surface area contributed by atoms with Crippen molar-refractivity contribution in [3.63, 3.8) is 0 Å². The zero-order chi connectivity index (χ0) is 39.1. The predicted molar refractivity (Wildman–Crippen MR) is 204 cm³/mol. The second kappa shape index (κ2) is 14.5. The van der Waals surface area contributed by atoms with E-state index >= 15 is 0 Å². The average Bonchev–Trinajstić information content (AvgIpc) is 3.22. The third-order valence-corrected chi connectivity index (χ3v) is 9.15. The van der Waals surface area contributed by atoms with Crippen LogP contribution in [0.3, 0.4) is 0 Å². The molecule has 0 bridgehead atoms. The lowest BCUT2D eigenvalue weighted by Gasteiger charge is -2.18. The van der Waals surface area contributed by atoms with Crippen molar-refractivity contribution in [1.82, 2.24) is 28.7 Å². The summed E-state index contributed by atoms with van der Waals surface area (Å²) >= 11 is 0. The van der Waals surface area contributed by atoms with E-state index in [1.54, 1.807) is 79.1 Å². The van der Waals surface area contributed by atoms with Gasteiger partial charge in [-0.05, 0) is 60.2 Å². The number of methoxy groups -OCH3 is 2. The normalized spacial score (nSPS) is 11.9. The maximum atomic E-state index is 14.1. The number of rotatable bonds is 10. The van der Waals surface area contributed by atoms with Crippen molar-refractivity contribution in [3.05, 3.63) is 153 Å². The van der Waals surface area contributed by atoms with Gasteiger partial charge in [-0.3, -0.25) is 23.4 Å². The lowest BCUT2D eigenvalue weighted by Crippen LogP contribution is -2.25. The van der Waals surface area contributed by atoms with Gasteiger partial charge in [0.1, 0.15) is 17.7 Å². The molecule has 5 heterocycles. The molecule has 1 unspecified atom stereocenters. The van der Waals surface area contributed by atoms with Gasteiger partial charge in [-0.2, -0.15) is 0 Å². The lowest BCUT2D eigenvalue weighted by molar-refractivity contribution is 0.219. The van der Waals surface area contributed by atoms with Crippen LogP contribution in [0.5, 0.6) is 11.5 Å². The molecule has 0 radical (unpaired) electrons. The van der Waals surface area contributed by atoms with Crippen molar-refractivity contribution in [2.75, 3.05) is 24.9 Å². The number of hydrogen-bond acceptors (Lipinski definition) is 12. The number of nitrogens with one attached hydrogen (secondary N) is 2. The number of ether oxygens (including phenoxy) is 2. The number of benzene rings is 3. The first-order chi connectivity index (χ1) is 27.2. The molecule has 16 heteroatoms. The Kier molecular flexibility index (Phi) is 9.25. The van der Waals surface area contributed by atoms with Crippen molar-refractivity contribution in [2.45, 2.75) is 12.7 Å². The van der Waals surface area contributed by atoms with Crippen LogP contribution in [0.4, 0.5) is 31.8 Å². The molecule has 4 N–H and O–H groups in total. The van der Waals surface area contributed by atoms with Crippen LogP contribution in [0.2, 0.25) is 0 Å². The zero-order valence-electron chi connectivity index (χ0n) is 29.6. The Morgan fingerprint density at radius 1 is 0.732 bits per heavy atom. The Morgan fingerprint density at radius 3 is 2.02 bits per heavy atom. The largest absolute Gasteiger partial charge is 0.493 e. The minimum Gasteiger partial charge on any atom is -0.493 e. The summed E-state index contributed by atoms with van der Waals surface area (Å²) in [7, 11) is 2.90. The number of hydrogen-bond donors (Lipinski definition) is 4. The highest BCUT2D eigenvalue weighted by molar-refractivity contribution is 5.82. The number of nitrogens with zero attached hydrogens (tertiary/aromatic N) is 6. The molecule has 0 aliphatic carbocycles. The fraction of sp³-hybridized carbons (Fsp3) is 0.100. The molecular weight excluding hydrogens is 726 g/mol. The van der Waals surface area contributed by atoms with E-state index < -0.39 is 35.5 Å². The Labute approximate surface area is 315 Å². The molecule has 0 aliphatic rings. The minimum absolute atomic E-state index is 0.0731.